The van der Waals surface area contributed by atoms with Crippen LogP contribution in [-0.2, 0) is 11.2 Å². The van der Waals surface area contributed by atoms with Crippen LogP contribution in [0.25, 0.3) is 0 Å². The van der Waals surface area contributed by atoms with Gasteiger partial charge in [0.15, 0.2) is 0 Å². The third-order valence-corrected chi connectivity index (χ3v) is 2.71. The van der Waals surface area contributed by atoms with Crippen LogP contribution in [0.15, 0.2) is 22.8 Å². The summed E-state index contributed by atoms with van der Waals surface area (Å²) in [5.41, 5.74) is 6.05. The lowest BCUT2D eigenvalue weighted by Gasteiger charge is -2.27. The van der Waals surface area contributed by atoms with Gasteiger partial charge in [0.05, 0.1) is 12.4 Å². The monoisotopic (exact) mass is 195 g/mol. The second kappa shape index (κ2) is 4.62. The van der Waals surface area contributed by atoms with Crippen molar-refractivity contribution >= 4 is 0 Å². The SMILES string of the molecule is NC(Cc1ccco1)C1CCCCO1. The minimum Gasteiger partial charge on any atom is -0.469 e. The Morgan fingerprint density at radius 3 is 3.07 bits per heavy atom. The summed E-state index contributed by atoms with van der Waals surface area (Å²) in [5.74, 6) is 0.951. The number of ether oxygens (including phenoxy) is 1. The Bertz CT molecular complexity index is 252. The summed E-state index contributed by atoms with van der Waals surface area (Å²) in [6.07, 6.45) is 6.16. The van der Waals surface area contributed by atoms with Gasteiger partial charge in [-0.15, -0.1) is 0 Å². The largest absolute Gasteiger partial charge is 0.469 e. The summed E-state index contributed by atoms with van der Waals surface area (Å²) in [5, 5.41) is 0. The lowest BCUT2D eigenvalue weighted by molar-refractivity contribution is -0.000207. The van der Waals surface area contributed by atoms with Gasteiger partial charge in [-0.2, -0.15) is 0 Å². The fourth-order valence-corrected chi connectivity index (χ4v) is 1.90. The number of hydrogen-bond donors (Lipinski definition) is 1. The van der Waals surface area contributed by atoms with E-state index in [1.807, 2.05) is 12.1 Å². The highest BCUT2D eigenvalue weighted by molar-refractivity contribution is 5.01. The van der Waals surface area contributed by atoms with Crippen molar-refractivity contribution < 1.29 is 9.15 Å². The molecule has 0 bridgehead atoms. The van der Waals surface area contributed by atoms with E-state index in [1.165, 1.54) is 12.8 Å². The van der Waals surface area contributed by atoms with E-state index >= 15 is 0 Å². The van der Waals surface area contributed by atoms with Crippen molar-refractivity contribution in [3.63, 3.8) is 0 Å². The van der Waals surface area contributed by atoms with Gasteiger partial charge in [0.2, 0.25) is 0 Å². The summed E-state index contributed by atoms with van der Waals surface area (Å²) in [7, 11) is 0. The van der Waals surface area contributed by atoms with E-state index in [0.29, 0.717) is 0 Å². The van der Waals surface area contributed by atoms with Crippen LogP contribution in [-0.4, -0.2) is 18.8 Å². The lowest BCUT2D eigenvalue weighted by Crippen LogP contribution is -2.40. The molecule has 1 aliphatic rings. The van der Waals surface area contributed by atoms with Gasteiger partial charge >= 0.3 is 0 Å². The van der Waals surface area contributed by atoms with Crippen LogP contribution in [0, 0.1) is 0 Å². The Morgan fingerprint density at radius 1 is 1.50 bits per heavy atom. The molecule has 0 spiro atoms. The molecule has 1 aromatic rings. The predicted octanol–water partition coefficient (Wildman–Crippen LogP) is 1.72. The van der Waals surface area contributed by atoms with Gasteiger partial charge in [-0.1, -0.05) is 0 Å². The van der Waals surface area contributed by atoms with E-state index in [0.717, 1.165) is 25.2 Å². The Balaban J connectivity index is 1.85. The molecule has 1 saturated heterocycles. The van der Waals surface area contributed by atoms with Crippen LogP contribution >= 0.6 is 0 Å². The molecule has 2 N–H and O–H groups in total. The van der Waals surface area contributed by atoms with E-state index in [4.69, 9.17) is 14.9 Å². The molecule has 78 valence electrons. The molecule has 3 heteroatoms. The lowest BCUT2D eigenvalue weighted by atomic mass is 9.99. The first-order valence-corrected chi connectivity index (χ1v) is 5.26. The van der Waals surface area contributed by atoms with Crippen molar-refractivity contribution in [2.24, 2.45) is 5.73 Å². The van der Waals surface area contributed by atoms with E-state index in [1.54, 1.807) is 6.26 Å². The molecule has 1 aromatic heterocycles. The van der Waals surface area contributed by atoms with Gasteiger partial charge in [-0.05, 0) is 31.4 Å². The smallest absolute Gasteiger partial charge is 0.105 e. The van der Waals surface area contributed by atoms with Gasteiger partial charge < -0.3 is 14.9 Å². The van der Waals surface area contributed by atoms with Crippen molar-refractivity contribution in [3.8, 4) is 0 Å². The molecule has 2 heterocycles. The fourth-order valence-electron chi connectivity index (χ4n) is 1.90. The first kappa shape index (κ1) is 9.74. The zero-order valence-corrected chi connectivity index (χ0v) is 8.32. The van der Waals surface area contributed by atoms with Crippen LogP contribution in [0.1, 0.15) is 25.0 Å². The maximum atomic E-state index is 6.05. The highest BCUT2D eigenvalue weighted by Crippen LogP contribution is 2.17. The molecule has 3 nitrogen and oxygen atoms in total. The van der Waals surface area contributed by atoms with Crippen molar-refractivity contribution in [1.29, 1.82) is 0 Å². The standard InChI is InChI=1S/C11H17NO2/c12-10(8-9-4-3-7-13-9)11-5-1-2-6-14-11/h3-4,7,10-11H,1-2,5-6,8,12H2. The summed E-state index contributed by atoms with van der Waals surface area (Å²) < 4.78 is 10.9. The molecule has 2 unspecified atom stereocenters. The molecule has 2 atom stereocenters. The summed E-state index contributed by atoms with van der Waals surface area (Å²) in [4.78, 5) is 0. The Labute approximate surface area is 84.2 Å². The zero-order valence-electron chi connectivity index (χ0n) is 8.32. The number of furan rings is 1. The van der Waals surface area contributed by atoms with Crippen LogP contribution in [0.5, 0.6) is 0 Å². The van der Waals surface area contributed by atoms with Crippen molar-refractivity contribution in [2.45, 2.75) is 37.8 Å². The van der Waals surface area contributed by atoms with Crippen LogP contribution in [0.2, 0.25) is 0 Å². The molecular formula is C11H17NO2. The fraction of sp³-hybridized carbons (Fsp3) is 0.636. The average molecular weight is 195 g/mol. The van der Waals surface area contributed by atoms with E-state index in [-0.39, 0.29) is 12.1 Å². The normalized spacial score (nSPS) is 24.8. The maximum absolute atomic E-state index is 6.05. The molecular weight excluding hydrogens is 178 g/mol. The summed E-state index contributed by atoms with van der Waals surface area (Å²) in [6, 6.07) is 3.92. The van der Waals surface area contributed by atoms with Gasteiger partial charge in [-0.3, -0.25) is 0 Å². The number of hydrogen-bond acceptors (Lipinski definition) is 3. The number of rotatable bonds is 3. The van der Waals surface area contributed by atoms with Gasteiger partial charge in [0, 0.05) is 19.1 Å². The molecule has 0 amide bonds. The Kier molecular flexibility index (Phi) is 3.22. The molecule has 14 heavy (non-hydrogen) atoms. The van der Waals surface area contributed by atoms with Crippen molar-refractivity contribution in [1.82, 2.24) is 0 Å². The first-order chi connectivity index (χ1) is 6.86. The van der Waals surface area contributed by atoms with Gasteiger partial charge in [0.1, 0.15) is 5.76 Å². The Hall–Kier alpha value is -0.800. The zero-order chi connectivity index (χ0) is 9.80. The molecule has 0 aromatic carbocycles. The highest BCUT2D eigenvalue weighted by atomic mass is 16.5. The number of nitrogens with two attached hydrogens (primary N) is 1. The predicted molar refractivity (Wildman–Crippen MR) is 54.0 cm³/mol. The van der Waals surface area contributed by atoms with Gasteiger partial charge in [0.25, 0.3) is 0 Å². The first-order valence-electron chi connectivity index (χ1n) is 5.26. The quantitative estimate of drug-likeness (QED) is 0.798. The third-order valence-electron chi connectivity index (χ3n) is 2.71. The summed E-state index contributed by atoms with van der Waals surface area (Å²) in [6.45, 7) is 0.858. The van der Waals surface area contributed by atoms with E-state index in [2.05, 4.69) is 0 Å². The molecule has 2 rings (SSSR count). The molecule has 1 fully saturated rings. The van der Waals surface area contributed by atoms with Crippen LogP contribution in [0.4, 0.5) is 0 Å². The second-order valence-electron chi connectivity index (χ2n) is 3.85. The van der Waals surface area contributed by atoms with Crippen molar-refractivity contribution in [3.05, 3.63) is 24.2 Å². The van der Waals surface area contributed by atoms with E-state index in [9.17, 15) is 0 Å². The summed E-state index contributed by atoms with van der Waals surface area (Å²) >= 11 is 0. The van der Waals surface area contributed by atoms with E-state index < -0.39 is 0 Å². The second-order valence-corrected chi connectivity index (χ2v) is 3.85. The minimum absolute atomic E-state index is 0.0708. The van der Waals surface area contributed by atoms with Gasteiger partial charge in [-0.25, -0.2) is 0 Å². The highest BCUT2D eigenvalue weighted by Gasteiger charge is 2.21. The minimum atomic E-state index is 0.0708. The molecule has 0 aliphatic carbocycles. The Morgan fingerprint density at radius 2 is 2.43 bits per heavy atom. The molecule has 1 aliphatic heterocycles. The molecule has 0 saturated carbocycles. The van der Waals surface area contributed by atoms with Crippen LogP contribution in [0.3, 0.4) is 0 Å². The topological polar surface area (TPSA) is 48.4 Å². The van der Waals surface area contributed by atoms with Crippen molar-refractivity contribution in [2.75, 3.05) is 6.61 Å². The average Bonchev–Trinajstić information content (AvgIpc) is 2.72. The maximum Gasteiger partial charge on any atom is 0.105 e. The third kappa shape index (κ3) is 2.36. The molecule has 0 radical (unpaired) electrons. The van der Waals surface area contributed by atoms with Crippen LogP contribution < -0.4 is 5.73 Å².